The van der Waals surface area contributed by atoms with Gasteiger partial charge in [0.2, 0.25) is 0 Å². The van der Waals surface area contributed by atoms with Crippen LogP contribution in [0.2, 0.25) is 0 Å². The van der Waals surface area contributed by atoms with Gasteiger partial charge in [-0.25, -0.2) is 9.59 Å². The summed E-state index contributed by atoms with van der Waals surface area (Å²) in [5.41, 5.74) is 0.934. The number of rotatable bonds is 8. The minimum atomic E-state index is -1.01. The van der Waals surface area contributed by atoms with Crippen molar-refractivity contribution in [3.63, 3.8) is 0 Å². The van der Waals surface area contributed by atoms with Crippen LogP contribution < -0.4 is 21.3 Å². The molecule has 0 saturated carbocycles. The Morgan fingerprint density at radius 2 is 0.895 bits per heavy atom. The molecule has 0 unspecified atom stereocenters. The first kappa shape index (κ1) is 32.3. The molecule has 1 fully saturated rings. The molecule has 0 spiro atoms. The van der Waals surface area contributed by atoms with Crippen molar-refractivity contribution in [2.75, 3.05) is 26.2 Å². The molecule has 208 valence electrons. The van der Waals surface area contributed by atoms with Gasteiger partial charge in [0, 0.05) is 37.3 Å². The van der Waals surface area contributed by atoms with E-state index in [9.17, 15) is 19.2 Å². The van der Waals surface area contributed by atoms with E-state index >= 15 is 0 Å². The highest BCUT2D eigenvalue weighted by atomic mass is 16.4. The SMILES string of the molecule is C1CNCCN1.CC(C)[C@H](NC(=O)c1ccccc1)C(=O)O.CC(C)[C@H](NC(=O)c1ccccc1)C(=O)O. The van der Waals surface area contributed by atoms with Crippen LogP contribution in [0.5, 0.6) is 0 Å². The molecule has 1 aliphatic rings. The zero-order valence-corrected chi connectivity index (χ0v) is 22.4. The number of carboxylic acids is 2. The van der Waals surface area contributed by atoms with Gasteiger partial charge in [-0.15, -0.1) is 0 Å². The number of carbonyl (C=O) groups is 4. The minimum absolute atomic E-state index is 0.148. The van der Waals surface area contributed by atoms with Crippen molar-refractivity contribution in [1.82, 2.24) is 21.3 Å². The van der Waals surface area contributed by atoms with Gasteiger partial charge in [-0.1, -0.05) is 64.1 Å². The molecular weight excluding hydrogens is 488 g/mol. The van der Waals surface area contributed by atoms with E-state index in [2.05, 4.69) is 21.3 Å². The fourth-order valence-corrected chi connectivity index (χ4v) is 3.26. The van der Waals surface area contributed by atoms with E-state index in [4.69, 9.17) is 10.2 Å². The van der Waals surface area contributed by atoms with Crippen molar-refractivity contribution in [3.8, 4) is 0 Å². The monoisotopic (exact) mass is 528 g/mol. The number of hydrogen-bond donors (Lipinski definition) is 6. The summed E-state index contributed by atoms with van der Waals surface area (Å²) in [5, 5.41) is 29.3. The summed E-state index contributed by atoms with van der Waals surface area (Å²) in [7, 11) is 0. The Labute approximate surface area is 224 Å². The predicted octanol–water partition coefficient (Wildman–Crippen LogP) is 2.23. The maximum atomic E-state index is 11.7. The van der Waals surface area contributed by atoms with Gasteiger partial charge in [-0.3, -0.25) is 9.59 Å². The van der Waals surface area contributed by atoms with Crippen LogP contribution in [-0.2, 0) is 9.59 Å². The van der Waals surface area contributed by atoms with Gasteiger partial charge in [0.05, 0.1) is 0 Å². The summed E-state index contributed by atoms with van der Waals surface area (Å²) < 4.78 is 0. The van der Waals surface area contributed by atoms with Crippen LogP contribution in [0.4, 0.5) is 0 Å². The van der Waals surface area contributed by atoms with Gasteiger partial charge in [0.15, 0.2) is 0 Å². The Bertz CT molecular complexity index is 908. The summed E-state index contributed by atoms with van der Waals surface area (Å²) in [4.78, 5) is 45.2. The Morgan fingerprint density at radius 1 is 0.605 bits per heavy atom. The lowest BCUT2D eigenvalue weighted by atomic mass is 10.0. The van der Waals surface area contributed by atoms with E-state index in [1.165, 1.54) is 0 Å². The third-order valence-corrected chi connectivity index (χ3v) is 5.47. The molecule has 1 saturated heterocycles. The lowest BCUT2D eigenvalue weighted by molar-refractivity contribution is -0.141. The van der Waals surface area contributed by atoms with Gasteiger partial charge < -0.3 is 31.5 Å². The Kier molecular flexibility index (Phi) is 15.0. The van der Waals surface area contributed by atoms with Crippen molar-refractivity contribution in [2.45, 2.75) is 39.8 Å². The van der Waals surface area contributed by atoms with Crippen LogP contribution >= 0.6 is 0 Å². The summed E-state index contributed by atoms with van der Waals surface area (Å²) in [5.74, 6) is -3.04. The topological polar surface area (TPSA) is 157 Å². The molecule has 2 aromatic carbocycles. The molecular formula is C28H40N4O6. The second-order valence-corrected chi connectivity index (χ2v) is 9.30. The number of hydrogen-bond acceptors (Lipinski definition) is 6. The van der Waals surface area contributed by atoms with E-state index in [0.717, 1.165) is 26.2 Å². The first-order chi connectivity index (χ1) is 18.0. The average Bonchev–Trinajstić information content (AvgIpc) is 2.92. The lowest BCUT2D eigenvalue weighted by Gasteiger charge is -2.17. The van der Waals surface area contributed by atoms with E-state index in [0.29, 0.717) is 11.1 Å². The highest BCUT2D eigenvalue weighted by Crippen LogP contribution is 2.06. The molecule has 6 N–H and O–H groups in total. The maximum absolute atomic E-state index is 11.7. The van der Waals surface area contributed by atoms with E-state index in [-0.39, 0.29) is 23.7 Å². The van der Waals surface area contributed by atoms with Crippen LogP contribution in [0.15, 0.2) is 60.7 Å². The van der Waals surface area contributed by atoms with Gasteiger partial charge in [0.1, 0.15) is 12.1 Å². The third-order valence-electron chi connectivity index (χ3n) is 5.47. The second-order valence-electron chi connectivity index (χ2n) is 9.30. The summed E-state index contributed by atoms with van der Waals surface area (Å²) in [6, 6.07) is 15.4. The highest BCUT2D eigenvalue weighted by molar-refractivity contribution is 5.97. The fourth-order valence-electron chi connectivity index (χ4n) is 3.26. The zero-order valence-electron chi connectivity index (χ0n) is 22.4. The fraction of sp³-hybridized carbons (Fsp3) is 0.429. The van der Waals surface area contributed by atoms with E-state index in [1.54, 1.807) is 88.4 Å². The number of benzene rings is 2. The molecule has 3 rings (SSSR count). The standard InChI is InChI=1S/2C12H15NO3.C4H10N2/c2*1-8(2)10(12(15)16)13-11(14)9-6-4-3-5-7-9;1-2-6-4-3-5-1/h2*3-8,10H,1-2H3,(H,13,14)(H,15,16);5-6H,1-4H2/t2*10-;/m00./s1. The molecule has 1 aliphatic heterocycles. The smallest absolute Gasteiger partial charge is 0.326 e. The first-order valence-electron chi connectivity index (χ1n) is 12.6. The number of amides is 2. The predicted molar refractivity (Wildman–Crippen MR) is 146 cm³/mol. The first-order valence-corrected chi connectivity index (χ1v) is 12.6. The summed E-state index contributed by atoms with van der Waals surface area (Å²) >= 11 is 0. The summed E-state index contributed by atoms with van der Waals surface area (Å²) in [6.45, 7) is 11.6. The van der Waals surface area contributed by atoms with Crippen molar-refractivity contribution >= 4 is 23.8 Å². The lowest BCUT2D eigenvalue weighted by Crippen LogP contribution is -2.44. The average molecular weight is 529 g/mol. The van der Waals surface area contributed by atoms with Crippen LogP contribution in [0.25, 0.3) is 0 Å². The molecule has 0 aromatic heterocycles. The molecule has 10 heteroatoms. The highest BCUT2D eigenvalue weighted by Gasteiger charge is 2.24. The quantitative estimate of drug-likeness (QED) is 0.305. The van der Waals surface area contributed by atoms with E-state index in [1.807, 2.05) is 0 Å². The van der Waals surface area contributed by atoms with Gasteiger partial charge >= 0.3 is 11.9 Å². The number of piperazine rings is 1. The van der Waals surface area contributed by atoms with Crippen LogP contribution in [0, 0.1) is 11.8 Å². The molecule has 2 amide bonds. The largest absolute Gasteiger partial charge is 0.480 e. The molecule has 2 aromatic rings. The summed E-state index contributed by atoms with van der Waals surface area (Å²) in [6.07, 6.45) is 0. The van der Waals surface area contributed by atoms with Crippen molar-refractivity contribution in [1.29, 1.82) is 0 Å². The van der Waals surface area contributed by atoms with Gasteiger partial charge in [-0.05, 0) is 36.1 Å². The normalized spacial score (nSPS) is 14.1. The third kappa shape index (κ3) is 12.5. The van der Waals surface area contributed by atoms with Crippen LogP contribution in [-0.4, -0.2) is 72.2 Å². The molecule has 0 radical (unpaired) electrons. The van der Waals surface area contributed by atoms with Gasteiger partial charge in [0.25, 0.3) is 11.8 Å². The molecule has 38 heavy (non-hydrogen) atoms. The Hall–Kier alpha value is -3.76. The van der Waals surface area contributed by atoms with Crippen molar-refractivity contribution < 1.29 is 29.4 Å². The Balaban J connectivity index is 0.000000312. The molecule has 10 nitrogen and oxygen atoms in total. The van der Waals surface area contributed by atoms with Crippen LogP contribution in [0.3, 0.4) is 0 Å². The molecule has 2 atom stereocenters. The van der Waals surface area contributed by atoms with Crippen molar-refractivity contribution in [2.24, 2.45) is 11.8 Å². The van der Waals surface area contributed by atoms with Crippen LogP contribution in [0.1, 0.15) is 48.4 Å². The zero-order chi connectivity index (χ0) is 28.5. The molecule has 0 bridgehead atoms. The number of carboxylic acid groups (broad SMARTS) is 2. The maximum Gasteiger partial charge on any atom is 0.326 e. The number of carbonyl (C=O) groups excluding carboxylic acids is 2. The number of aliphatic carboxylic acids is 2. The van der Waals surface area contributed by atoms with Crippen molar-refractivity contribution in [3.05, 3.63) is 71.8 Å². The second kappa shape index (κ2) is 17.7. The molecule has 0 aliphatic carbocycles. The van der Waals surface area contributed by atoms with E-state index < -0.39 is 24.0 Å². The Morgan fingerprint density at radius 3 is 1.11 bits per heavy atom. The van der Waals surface area contributed by atoms with Gasteiger partial charge in [-0.2, -0.15) is 0 Å². The minimum Gasteiger partial charge on any atom is -0.480 e. The molecule has 1 heterocycles. The number of nitrogens with one attached hydrogen (secondary N) is 4.